The van der Waals surface area contributed by atoms with Gasteiger partial charge in [-0.25, -0.2) is 8.37 Å². The van der Waals surface area contributed by atoms with Gasteiger partial charge in [0.25, 0.3) is 36.3 Å². The molecule has 11 nitrogen and oxygen atoms in total. The van der Waals surface area contributed by atoms with Crippen LogP contribution in [0.3, 0.4) is 0 Å². The molecule has 0 aromatic rings. The number of carbonyl (C=O) groups excluding carboxylic acids is 1. The van der Waals surface area contributed by atoms with Gasteiger partial charge >= 0.3 is 5.79 Å². The van der Waals surface area contributed by atoms with Gasteiger partial charge in [-0.05, 0) is 6.42 Å². The van der Waals surface area contributed by atoms with E-state index in [9.17, 15) is 30.0 Å². The average Bonchev–Trinajstić information content (AvgIpc) is 2.21. The molecule has 2 N–H and O–H groups in total. The summed E-state index contributed by atoms with van der Waals surface area (Å²) in [6.07, 6.45) is -0.470. The second-order valence-corrected chi connectivity index (χ2v) is 9.43. The van der Waals surface area contributed by atoms with Gasteiger partial charge in [-0.3, -0.25) is 8.98 Å². The summed E-state index contributed by atoms with van der Waals surface area (Å²) in [5.74, 6) is -4.88. The van der Waals surface area contributed by atoms with Gasteiger partial charge in [0.1, 0.15) is 6.10 Å². The molecule has 0 radical (unpaired) electrons. The van der Waals surface area contributed by atoms with E-state index in [4.69, 9.17) is 5.73 Å². The normalized spacial score (nSPS) is 15.3. The standard InChI is InChI=1S/C9H19NO10S3/c1-5-6-7(18-21(2,12)13)9(8(10)11,19-22(3,14)15)20-23(4,16)17/h7H,5-6H2,1-4H3,(H2,10,11). The fraction of sp³-hybridized carbons (Fsp3) is 0.889. The molecule has 14 heteroatoms. The van der Waals surface area contributed by atoms with Crippen molar-refractivity contribution in [3.8, 4) is 0 Å². The Morgan fingerprint density at radius 3 is 1.57 bits per heavy atom. The van der Waals surface area contributed by atoms with Crippen molar-refractivity contribution in [1.82, 2.24) is 0 Å². The van der Waals surface area contributed by atoms with Crippen LogP contribution in [0, 0.1) is 0 Å². The minimum atomic E-state index is -4.48. The first-order valence-electron chi connectivity index (χ1n) is 6.02. The van der Waals surface area contributed by atoms with Crippen LogP contribution in [-0.4, -0.2) is 61.8 Å². The van der Waals surface area contributed by atoms with E-state index in [1.165, 1.54) is 6.92 Å². The first-order chi connectivity index (χ1) is 10.0. The van der Waals surface area contributed by atoms with Gasteiger partial charge in [0, 0.05) is 0 Å². The van der Waals surface area contributed by atoms with E-state index in [1.807, 2.05) is 0 Å². The lowest BCUT2D eigenvalue weighted by atomic mass is 10.1. The predicted molar refractivity (Wildman–Crippen MR) is 78.4 cm³/mol. The maximum Gasteiger partial charge on any atom is 0.308 e. The van der Waals surface area contributed by atoms with Crippen molar-refractivity contribution in [1.29, 1.82) is 0 Å². The highest BCUT2D eigenvalue weighted by Gasteiger charge is 2.54. The third-order valence-corrected chi connectivity index (χ3v) is 3.84. The van der Waals surface area contributed by atoms with Gasteiger partial charge in [-0.1, -0.05) is 13.3 Å². The average molecular weight is 397 g/mol. The number of rotatable bonds is 10. The highest BCUT2D eigenvalue weighted by Crippen LogP contribution is 2.29. The molecule has 0 saturated heterocycles. The summed E-state index contributed by atoms with van der Waals surface area (Å²) in [6, 6.07) is 0. The van der Waals surface area contributed by atoms with Gasteiger partial charge in [0.05, 0.1) is 18.8 Å². The summed E-state index contributed by atoms with van der Waals surface area (Å²) in [6.45, 7) is 1.53. The maximum absolute atomic E-state index is 11.7. The fourth-order valence-corrected chi connectivity index (χ4v) is 3.62. The molecule has 1 unspecified atom stereocenters. The molecule has 0 aliphatic heterocycles. The van der Waals surface area contributed by atoms with E-state index < -0.39 is 48.2 Å². The summed E-state index contributed by atoms with van der Waals surface area (Å²) in [5.41, 5.74) is 5.04. The molecule has 0 saturated carbocycles. The number of primary amides is 1. The van der Waals surface area contributed by atoms with E-state index in [0.29, 0.717) is 18.8 Å². The molecule has 0 aliphatic rings. The highest BCUT2D eigenvalue weighted by molar-refractivity contribution is 7.86. The first-order valence-corrected chi connectivity index (χ1v) is 11.5. The molecule has 0 aromatic carbocycles. The molecular formula is C9H19NO10S3. The number of hydrogen-bond donors (Lipinski definition) is 1. The van der Waals surface area contributed by atoms with Crippen LogP contribution in [-0.2, 0) is 47.7 Å². The Bertz CT molecular complexity index is 702. The van der Waals surface area contributed by atoms with E-state index in [-0.39, 0.29) is 12.8 Å². The monoisotopic (exact) mass is 397 g/mol. The van der Waals surface area contributed by atoms with Crippen LogP contribution < -0.4 is 5.73 Å². The molecule has 0 aromatic heterocycles. The van der Waals surface area contributed by atoms with Crippen LogP contribution in [0.1, 0.15) is 19.8 Å². The van der Waals surface area contributed by atoms with Gasteiger partial charge in [-0.15, -0.1) is 0 Å². The van der Waals surface area contributed by atoms with Crippen molar-refractivity contribution in [3.05, 3.63) is 0 Å². The topological polar surface area (TPSA) is 173 Å². The second kappa shape index (κ2) is 7.40. The summed E-state index contributed by atoms with van der Waals surface area (Å²) >= 11 is 0. The Morgan fingerprint density at radius 2 is 1.35 bits per heavy atom. The Morgan fingerprint density at radius 1 is 0.957 bits per heavy atom. The fourth-order valence-electron chi connectivity index (χ4n) is 1.59. The quantitative estimate of drug-likeness (QED) is 0.329. The van der Waals surface area contributed by atoms with E-state index >= 15 is 0 Å². The molecule has 1 atom stereocenters. The third kappa shape index (κ3) is 8.03. The molecule has 0 heterocycles. The number of carbonyl (C=O) groups is 1. The highest BCUT2D eigenvalue weighted by atomic mass is 32.2. The number of nitrogens with two attached hydrogens (primary N) is 1. The molecule has 0 bridgehead atoms. The van der Waals surface area contributed by atoms with Crippen LogP contribution in [0.15, 0.2) is 0 Å². The zero-order chi connectivity index (χ0) is 18.7. The zero-order valence-corrected chi connectivity index (χ0v) is 15.3. The maximum atomic E-state index is 11.7. The number of hydrogen-bond acceptors (Lipinski definition) is 10. The minimum Gasteiger partial charge on any atom is -0.365 e. The summed E-state index contributed by atoms with van der Waals surface area (Å²) in [7, 11) is -13.2. The minimum absolute atomic E-state index is 0.162. The Kier molecular flexibility index (Phi) is 7.14. The Hall–Kier alpha value is -0.800. The molecular weight excluding hydrogens is 378 g/mol. The van der Waals surface area contributed by atoms with E-state index in [2.05, 4.69) is 12.5 Å². The van der Waals surface area contributed by atoms with Crippen molar-refractivity contribution in [2.45, 2.75) is 31.7 Å². The van der Waals surface area contributed by atoms with Gasteiger partial charge < -0.3 is 5.73 Å². The van der Waals surface area contributed by atoms with Crippen molar-refractivity contribution in [2.75, 3.05) is 18.8 Å². The van der Waals surface area contributed by atoms with Gasteiger partial charge in [0.15, 0.2) is 0 Å². The largest absolute Gasteiger partial charge is 0.365 e. The van der Waals surface area contributed by atoms with Crippen molar-refractivity contribution in [2.24, 2.45) is 5.73 Å². The van der Waals surface area contributed by atoms with E-state index in [1.54, 1.807) is 0 Å². The SMILES string of the molecule is CCCC(OS(C)(=O)=O)C(OS(C)(=O)=O)(OS(C)(=O)=O)C(N)=O. The van der Waals surface area contributed by atoms with Crippen LogP contribution in [0.4, 0.5) is 0 Å². The molecule has 0 rings (SSSR count). The lowest BCUT2D eigenvalue weighted by Gasteiger charge is -2.33. The van der Waals surface area contributed by atoms with E-state index in [0.717, 1.165) is 0 Å². The van der Waals surface area contributed by atoms with Gasteiger partial charge in [-0.2, -0.15) is 25.3 Å². The molecule has 0 aliphatic carbocycles. The van der Waals surface area contributed by atoms with Crippen molar-refractivity contribution < 1.29 is 42.6 Å². The van der Waals surface area contributed by atoms with Gasteiger partial charge in [0.2, 0.25) is 0 Å². The smallest absolute Gasteiger partial charge is 0.308 e. The van der Waals surface area contributed by atoms with Crippen molar-refractivity contribution in [3.63, 3.8) is 0 Å². The molecule has 23 heavy (non-hydrogen) atoms. The summed E-state index contributed by atoms with van der Waals surface area (Å²) in [5, 5.41) is 0. The Balaban J connectivity index is 6.37. The third-order valence-electron chi connectivity index (χ3n) is 2.16. The summed E-state index contributed by atoms with van der Waals surface area (Å²) in [4.78, 5) is 11.7. The summed E-state index contributed by atoms with van der Waals surface area (Å²) < 4.78 is 81.7. The predicted octanol–water partition coefficient (Wildman–Crippen LogP) is -1.73. The second-order valence-electron chi connectivity index (χ2n) is 4.68. The molecule has 0 spiro atoms. The first kappa shape index (κ1) is 22.2. The lowest BCUT2D eigenvalue weighted by molar-refractivity contribution is -0.185. The lowest BCUT2D eigenvalue weighted by Crippen LogP contribution is -2.60. The number of amides is 1. The Labute approximate surface area is 135 Å². The van der Waals surface area contributed by atoms with Crippen LogP contribution in [0.25, 0.3) is 0 Å². The molecule has 0 fully saturated rings. The van der Waals surface area contributed by atoms with Crippen molar-refractivity contribution >= 4 is 36.3 Å². The molecule has 1 amide bonds. The van der Waals surface area contributed by atoms with Crippen LogP contribution in [0.2, 0.25) is 0 Å². The molecule has 138 valence electrons. The zero-order valence-electron chi connectivity index (χ0n) is 12.9. The van der Waals surface area contributed by atoms with Crippen LogP contribution >= 0.6 is 0 Å². The van der Waals surface area contributed by atoms with Crippen LogP contribution in [0.5, 0.6) is 0 Å².